The second kappa shape index (κ2) is 8.39. The summed E-state index contributed by atoms with van der Waals surface area (Å²) in [5, 5.41) is 9.77. The van der Waals surface area contributed by atoms with Crippen molar-refractivity contribution in [1.82, 2.24) is 9.88 Å². The van der Waals surface area contributed by atoms with Crippen LogP contribution in [-0.4, -0.2) is 44.1 Å². The highest BCUT2D eigenvalue weighted by Gasteiger charge is 2.50. The van der Waals surface area contributed by atoms with E-state index in [9.17, 15) is 19.5 Å². The molecule has 1 aromatic carbocycles. The maximum atomic E-state index is 13.3. The number of aromatic nitrogens is 1. The number of amidine groups is 1. The number of pyridine rings is 1. The molecule has 0 saturated heterocycles. The predicted molar refractivity (Wildman–Crippen MR) is 119 cm³/mol. The van der Waals surface area contributed by atoms with Gasteiger partial charge in [-0.25, -0.2) is 14.7 Å². The molecule has 0 bridgehead atoms. The number of carboxylic acid groups (broad SMARTS) is 1. The summed E-state index contributed by atoms with van der Waals surface area (Å²) in [6, 6.07) is 9.75. The Morgan fingerprint density at radius 3 is 2.33 bits per heavy atom. The van der Waals surface area contributed by atoms with Crippen LogP contribution in [0, 0.1) is 5.92 Å². The van der Waals surface area contributed by atoms with Gasteiger partial charge in [0.15, 0.2) is 5.84 Å². The van der Waals surface area contributed by atoms with Crippen LogP contribution in [0.25, 0.3) is 0 Å². The Morgan fingerprint density at radius 2 is 1.80 bits per heavy atom. The van der Waals surface area contributed by atoms with Crippen molar-refractivity contribution < 1.29 is 19.5 Å². The molecule has 7 nitrogen and oxygen atoms in total. The molecule has 1 N–H and O–H groups in total. The van der Waals surface area contributed by atoms with Gasteiger partial charge in [-0.1, -0.05) is 63.9 Å². The van der Waals surface area contributed by atoms with Crippen LogP contribution in [-0.2, 0) is 4.79 Å². The fraction of sp³-hybridized carbons (Fsp3) is 0.286. The van der Waals surface area contributed by atoms with Gasteiger partial charge in [-0.3, -0.25) is 14.6 Å². The highest BCUT2D eigenvalue weighted by atomic mass is 79.9. The van der Waals surface area contributed by atoms with E-state index in [0.717, 1.165) is 4.90 Å². The molecule has 2 heterocycles. The molecule has 9 heteroatoms. The number of aromatic carboxylic acids is 1. The first kappa shape index (κ1) is 22.3. The lowest BCUT2D eigenvalue weighted by molar-refractivity contribution is -0.130. The van der Waals surface area contributed by atoms with Gasteiger partial charge in [-0.15, -0.1) is 0 Å². The first-order valence-corrected chi connectivity index (χ1v) is 11.0. The zero-order chi connectivity index (χ0) is 22.2. The highest BCUT2D eigenvalue weighted by Crippen LogP contribution is 2.35. The molecular weight excluding hydrogens is 518 g/mol. The van der Waals surface area contributed by atoms with Gasteiger partial charge in [0, 0.05) is 11.8 Å². The lowest BCUT2D eigenvalue weighted by atomic mass is 9.88. The van der Waals surface area contributed by atoms with Gasteiger partial charge in [0.05, 0.1) is 9.30 Å². The predicted octanol–water partition coefficient (Wildman–Crippen LogP) is 4.41. The highest BCUT2D eigenvalue weighted by molar-refractivity contribution is 9.24. The maximum absolute atomic E-state index is 13.3. The largest absolute Gasteiger partial charge is 0.478 e. The Kier molecular flexibility index (Phi) is 6.24. The smallest absolute Gasteiger partial charge is 0.338 e. The van der Waals surface area contributed by atoms with E-state index in [2.05, 4.69) is 41.8 Å². The molecule has 156 valence electrons. The number of hydrogen-bond acceptors (Lipinski definition) is 5. The average molecular weight is 537 g/mol. The molecule has 3 rings (SSSR count). The van der Waals surface area contributed by atoms with E-state index < -0.39 is 23.3 Å². The number of rotatable bonds is 5. The van der Waals surface area contributed by atoms with Crippen LogP contribution in [0.3, 0.4) is 0 Å². The topological polar surface area (TPSA) is 99.9 Å². The van der Waals surface area contributed by atoms with Gasteiger partial charge in [0.25, 0.3) is 11.8 Å². The lowest BCUT2D eigenvalue weighted by Gasteiger charge is -2.25. The molecule has 1 unspecified atom stereocenters. The number of aliphatic imine (C=N–C) groups is 1. The number of amides is 2. The normalized spacial score (nSPS) is 18.8. The lowest BCUT2D eigenvalue weighted by Crippen LogP contribution is -2.47. The Bertz CT molecular complexity index is 1050. The molecule has 0 saturated carbocycles. The number of carbonyl (C=O) groups is 3. The molecule has 1 atom stereocenters. The van der Waals surface area contributed by atoms with Crippen LogP contribution >= 0.6 is 31.9 Å². The summed E-state index contributed by atoms with van der Waals surface area (Å²) in [4.78, 5) is 48.3. The maximum Gasteiger partial charge on any atom is 0.338 e. The minimum Gasteiger partial charge on any atom is -0.478 e. The van der Waals surface area contributed by atoms with E-state index in [1.54, 1.807) is 37.3 Å². The second-order valence-corrected chi connectivity index (χ2v) is 10.4. The summed E-state index contributed by atoms with van der Waals surface area (Å²) in [7, 11) is 0. The monoisotopic (exact) mass is 535 g/mol. The third-order valence-corrected chi connectivity index (χ3v) is 6.19. The third-order valence-electron chi connectivity index (χ3n) is 5.14. The van der Waals surface area contributed by atoms with E-state index in [1.165, 1.54) is 12.3 Å². The molecule has 0 aliphatic carbocycles. The standard InChI is InChI=1S/C21H19Br2N3O4/c1-11(2)21(3)20(30)26(18(27)12-7-5-4-6-8-12)17(25-21)15-14(19(28)29)9-13(10-24-15)16(22)23/h4-11,16H,1-3H3,(H,28,29). The Labute approximate surface area is 190 Å². The molecule has 1 aliphatic heterocycles. The Morgan fingerprint density at radius 1 is 1.17 bits per heavy atom. The SMILES string of the molecule is CC(C)C1(C)N=C(c2ncc(C(Br)Br)cc2C(=O)O)N(C(=O)c2ccccc2)C1=O. The van der Waals surface area contributed by atoms with Gasteiger partial charge in [-0.2, -0.15) is 0 Å². The van der Waals surface area contributed by atoms with E-state index in [0.29, 0.717) is 11.1 Å². The minimum atomic E-state index is -1.24. The Hall–Kier alpha value is -2.39. The quantitative estimate of drug-likeness (QED) is 0.450. The van der Waals surface area contributed by atoms with Gasteiger partial charge in [-0.05, 0) is 36.6 Å². The van der Waals surface area contributed by atoms with Gasteiger partial charge < -0.3 is 5.11 Å². The Balaban J connectivity index is 2.22. The van der Waals surface area contributed by atoms with Crippen LogP contribution in [0.1, 0.15) is 56.5 Å². The van der Waals surface area contributed by atoms with Crippen LogP contribution < -0.4 is 0 Å². The molecule has 30 heavy (non-hydrogen) atoms. The number of halogens is 2. The van der Waals surface area contributed by atoms with Gasteiger partial charge in [0.1, 0.15) is 11.2 Å². The molecular formula is C21H19Br2N3O4. The molecule has 2 amide bonds. The number of hydrogen-bond donors (Lipinski definition) is 1. The van der Waals surface area contributed by atoms with E-state index in [4.69, 9.17) is 0 Å². The van der Waals surface area contributed by atoms with E-state index in [-0.39, 0.29) is 26.7 Å². The molecule has 2 aromatic rings. The van der Waals surface area contributed by atoms with Crippen molar-refractivity contribution in [2.45, 2.75) is 30.0 Å². The number of carbonyl (C=O) groups excluding carboxylic acids is 2. The zero-order valence-electron chi connectivity index (χ0n) is 16.5. The number of alkyl halides is 2. The summed E-state index contributed by atoms with van der Waals surface area (Å²) in [5.41, 5.74) is -0.533. The van der Waals surface area contributed by atoms with Crippen LogP contribution in [0.5, 0.6) is 0 Å². The molecule has 1 aliphatic rings. The molecule has 0 spiro atoms. The van der Waals surface area contributed by atoms with Crippen molar-refractivity contribution in [1.29, 1.82) is 0 Å². The molecule has 0 fully saturated rings. The summed E-state index contributed by atoms with van der Waals surface area (Å²) in [6.07, 6.45) is 1.47. The third kappa shape index (κ3) is 3.83. The van der Waals surface area contributed by atoms with Gasteiger partial charge in [0.2, 0.25) is 0 Å². The number of benzene rings is 1. The van der Waals surface area contributed by atoms with Crippen molar-refractivity contribution >= 4 is 55.5 Å². The van der Waals surface area contributed by atoms with Crippen molar-refractivity contribution in [3.8, 4) is 0 Å². The van der Waals surface area contributed by atoms with Crippen molar-refractivity contribution in [2.75, 3.05) is 0 Å². The zero-order valence-corrected chi connectivity index (χ0v) is 19.6. The van der Waals surface area contributed by atoms with E-state index in [1.807, 2.05) is 13.8 Å². The minimum absolute atomic E-state index is 0.0334. The van der Waals surface area contributed by atoms with E-state index >= 15 is 0 Å². The first-order valence-electron chi connectivity index (χ1n) is 9.13. The van der Waals surface area contributed by atoms with Gasteiger partial charge >= 0.3 is 5.97 Å². The van der Waals surface area contributed by atoms with Crippen LogP contribution in [0.2, 0.25) is 0 Å². The van der Waals surface area contributed by atoms with Crippen molar-refractivity contribution in [3.05, 3.63) is 65.0 Å². The molecule has 1 aromatic heterocycles. The summed E-state index contributed by atoms with van der Waals surface area (Å²) in [6.45, 7) is 5.29. The summed E-state index contributed by atoms with van der Waals surface area (Å²) >= 11 is 6.64. The number of carboxylic acids is 1. The summed E-state index contributed by atoms with van der Waals surface area (Å²) < 4.78 is -0.306. The fourth-order valence-corrected chi connectivity index (χ4v) is 3.52. The molecule has 0 radical (unpaired) electrons. The second-order valence-electron chi connectivity index (χ2n) is 7.32. The number of imide groups is 1. The average Bonchev–Trinajstić information content (AvgIpc) is 2.99. The van der Waals surface area contributed by atoms with Crippen molar-refractivity contribution in [3.63, 3.8) is 0 Å². The van der Waals surface area contributed by atoms with Crippen molar-refractivity contribution in [2.24, 2.45) is 10.9 Å². The summed E-state index contributed by atoms with van der Waals surface area (Å²) in [5.74, 6) is -2.61. The fourth-order valence-electron chi connectivity index (χ4n) is 3.01. The van der Waals surface area contributed by atoms with Crippen LogP contribution in [0.15, 0.2) is 47.6 Å². The van der Waals surface area contributed by atoms with Crippen LogP contribution in [0.4, 0.5) is 0 Å². The number of nitrogens with zero attached hydrogens (tertiary/aromatic N) is 3. The first-order chi connectivity index (χ1) is 14.1.